The lowest BCUT2D eigenvalue weighted by molar-refractivity contribution is 0.00468. The topological polar surface area (TPSA) is 33.1 Å². The maximum Gasteiger partial charge on any atom is 0.0829 e. The molecule has 1 aliphatic carbocycles. The molecule has 1 heterocycles. The van der Waals surface area contributed by atoms with Crippen molar-refractivity contribution in [3.63, 3.8) is 0 Å². The van der Waals surface area contributed by atoms with Gasteiger partial charge in [-0.25, -0.2) is 0 Å². The minimum Gasteiger partial charge on any atom is -0.388 e. The van der Waals surface area contributed by atoms with E-state index >= 15 is 0 Å². The Morgan fingerprint density at radius 1 is 1.25 bits per heavy atom. The lowest BCUT2D eigenvalue weighted by Crippen LogP contribution is -2.32. The molecule has 2 nitrogen and oxygen atoms in total. The molecule has 3 rings (SSSR count). The number of benzene rings is 1. The Labute approximate surface area is 120 Å². The molecule has 0 amide bonds. The van der Waals surface area contributed by atoms with E-state index in [-0.39, 0.29) is 11.5 Å². The van der Waals surface area contributed by atoms with Crippen molar-refractivity contribution < 1.29 is 5.11 Å². The summed E-state index contributed by atoms with van der Waals surface area (Å²) in [7, 11) is 0. The van der Waals surface area contributed by atoms with E-state index in [4.69, 9.17) is 0 Å². The lowest BCUT2D eigenvalue weighted by atomic mass is 9.65. The van der Waals surface area contributed by atoms with Crippen LogP contribution >= 0.6 is 0 Å². The molecule has 20 heavy (non-hydrogen) atoms. The SMILES string of the molecule is CC1(C)CCCCC1C(O)c1cccc2cnccc12. The highest BCUT2D eigenvalue weighted by molar-refractivity contribution is 5.85. The molecular formula is C18H23NO. The predicted molar refractivity (Wildman–Crippen MR) is 82.4 cm³/mol. The molecule has 1 aliphatic rings. The quantitative estimate of drug-likeness (QED) is 0.871. The number of hydrogen-bond acceptors (Lipinski definition) is 2. The lowest BCUT2D eigenvalue weighted by Gasteiger charge is -2.41. The first-order valence-electron chi connectivity index (χ1n) is 7.60. The summed E-state index contributed by atoms with van der Waals surface area (Å²) in [6.45, 7) is 4.60. The zero-order chi connectivity index (χ0) is 14.2. The third-order valence-electron chi connectivity index (χ3n) is 5.00. The van der Waals surface area contributed by atoms with Crippen LogP contribution in [0, 0.1) is 11.3 Å². The summed E-state index contributed by atoms with van der Waals surface area (Å²) >= 11 is 0. The third kappa shape index (κ3) is 2.33. The van der Waals surface area contributed by atoms with E-state index in [0.29, 0.717) is 5.92 Å². The number of pyridine rings is 1. The van der Waals surface area contributed by atoms with E-state index < -0.39 is 0 Å². The highest BCUT2D eigenvalue weighted by Crippen LogP contribution is 2.47. The van der Waals surface area contributed by atoms with E-state index in [2.05, 4.69) is 31.0 Å². The summed E-state index contributed by atoms with van der Waals surface area (Å²) in [5.74, 6) is 0.343. The van der Waals surface area contributed by atoms with Crippen LogP contribution in [0.4, 0.5) is 0 Å². The molecule has 2 unspecified atom stereocenters. The van der Waals surface area contributed by atoms with Gasteiger partial charge in [0.2, 0.25) is 0 Å². The van der Waals surface area contributed by atoms with Gasteiger partial charge in [-0.2, -0.15) is 0 Å². The summed E-state index contributed by atoms with van der Waals surface area (Å²) in [6.07, 6.45) is 8.16. The first-order chi connectivity index (χ1) is 9.59. The fourth-order valence-corrected chi connectivity index (χ4v) is 3.73. The highest BCUT2D eigenvalue weighted by atomic mass is 16.3. The highest BCUT2D eigenvalue weighted by Gasteiger charge is 2.37. The van der Waals surface area contributed by atoms with Gasteiger partial charge in [0.05, 0.1) is 6.10 Å². The van der Waals surface area contributed by atoms with Crippen LogP contribution in [0.3, 0.4) is 0 Å². The van der Waals surface area contributed by atoms with Crippen LogP contribution in [-0.4, -0.2) is 10.1 Å². The van der Waals surface area contributed by atoms with Crippen LogP contribution in [-0.2, 0) is 0 Å². The number of aliphatic hydroxyl groups excluding tert-OH is 1. The van der Waals surface area contributed by atoms with Gasteiger partial charge in [-0.1, -0.05) is 44.9 Å². The molecule has 0 radical (unpaired) electrons. The molecule has 106 valence electrons. The van der Waals surface area contributed by atoms with Crippen molar-refractivity contribution in [1.82, 2.24) is 4.98 Å². The third-order valence-corrected chi connectivity index (χ3v) is 5.00. The summed E-state index contributed by atoms with van der Waals surface area (Å²) in [5, 5.41) is 13.2. The molecule has 0 spiro atoms. The van der Waals surface area contributed by atoms with Gasteiger partial charge in [-0.05, 0) is 41.2 Å². The van der Waals surface area contributed by atoms with Crippen LogP contribution < -0.4 is 0 Å². The van der Waals surface area contributed by atoms with Crippen LogP contribution in [0.2, 0.25) is 0 Å². The van der Waals surface area contributed by atoms with Crippen LogP contribution in [0.1, 0.15) is 51.2 Å². The number of fused-ring (bicyclic) bond motifs is 1. The average molecular weight is 269 g/mol. The summed E-state index contributed by atoms with van der Waals surface area (Å²) < 4.78 is 0. The molecule has 0 bridgehead atoms. The summed E-state index contributed by atoms with van der Waals surface area (Å²) in [6, 6.07) is 8.17. The molecule has 2 aromatic rings. The number of aromatic nitrogens is 1. The van der Waals surface area contributed by atoms with Crippen molar-refractivity contribution in [3.8, 4) is 0 Å². The first kappa shape index (κ1) is 13.6. The van der Waals surface area contributed by atoms with Crippen LogP contribution in [0.15, 0.2) is 36.7 Å². The first-order valence-corrected chi connectivity index (χ1v) is 7.60. The second kappa shape index (κ2) is 5.17. The molecule has 1 N–H and O–H groups in total. The Morgan fingerprint density at radius 3 is 2.90 bits per heavy atom. The van der Waals surface area contributed by atoms with Crippen molar-refractivity contribution in [1.29, 1.82) is 0 Å². The fourth-order valence-electron chi connectivity index (χ4n) is 3.73. The van der Waals surface area contributed by atoms with Gasteiger partial charge in [0.1, 0.15) is 0 Å². The monoisotopic (exact) mass is 269 g/mol. The van der Waals surface area contributed by atoms with Gasteiger partial charge in [-0.3, -0.25) is 4.98 Å². The second-order valence-electron chi connectivity index (χ2n) is 6.73. The second-order valence-corrected chi connectivity index (χ2v) is 6.73. The van der Waals surface area contributed by atoms with Gasteiger partial charge in [0, 0.05) is 17.8 Å². The number of nitrogens with zero attached hydrogens (tertiary/aromatic N) is 1. The maximum absolute atomic E-state index is 11.0. The number of rotatable bonds is 2. The van der Waals surface area contributed by atoms with E-state index in [1.807, 2.05) is 24.5 Å². The Hall–Kier alpha value is -1.41. The molecule has 1 fully saturated rings. The Balaban J connectivity index is 2.02. The molecule has 0 saturated heterocycles. The minimum atomic E-state index is -0.378. The Morgan fingerprint density at radius 2 is 2.10 bits per heavy atom. The molecule has 0 aliphatic heterocycles. The van der Waals surface area contributed by atoms with E-state index in [9.17, 15) is 5.11 Å². The van der Waals surface area contributed by atoms with Crippen LogP contribution in [0.25, 0.3) is 10.8 Å². The van der Waals surface area contributed by atoms with Crippen molar-refractivity contribution in [2.45, 2.75) is 45.6 Å². The van der Waals surface area contributed by atoms with Crippen molar-refractivity contribution in [3.05, 3.63) is 42.2 Å². The van der Waals surface area contributed by atoms with Gasteiger partial charge < -0.3 is 5.11 Å². The predicted octanol–water partition coefficient (Wildman–Crippen LogP) is 4.48. The fraction of sp³-hybridized carbons (Fsp3) is 0.500. The average Bonchev–Trinajstić information content (AvgIpc) is 2.45. The maximum atomic E-state index is 11.0. The zero-order valence-electron chi connectivity index (χ0n) is 12.3. The molecular weight excluding hydrogens is 246 g/mol. The molecule has 2 atom stereocenters. The van der Waals surface area contributed by atoms with E-state index in [1.54, 1.807) is 0 Å². The number of aliphatic hydroxyl groups is 1. The van der Waals surface area contributed by atoms with Crippen LogP contribution in [0.5, 0.6) is 0 Å². The van der Waals surface area contributed by atoms with E-state index in [1.165, 1.54) is 19.3 Å². The zero-order valence-corrected chi connectivity index (χ0v) is 12.3. The standard InChI is InChI=1S/C18H23NO/c1-18(2)10-4-3-8-16(18)17(20)15-7-5-6-13-12-19-11-9-14(13)15/h5-7,9,11-12,16-17,20H,3-4,8,10H2,1-2H3. The van der Waals surface area contributed by atoms with Crippen molar-refractivity contribution >= 4 is 10.8 Å². The molecule has 1 aromatic carbocycles. The largest absolute Gasteiger partial charge is 0.388 e. The van der Waals surface area contributed by atoms with E-state index in [0.717, 1.165) is 22.8 Å². The Bertz CT molecular complexity index is 600. The molecule has 2 heteroatoms. The smallest absolute Gasteiger partial charge is 0.0829 e. The summed E-state index contributed by atoms with van der Waals surface area (Å²) in [5.41, 5.74) is 1.28. The van der Waals surface area contributed by atoms with Gasteiger partial charge in [0.15, 0.2) is 0 Å². The van der Waals surface area contributed by atoms with Gasteiger partial charge in [-0.15, -0.1) is 0 Å². The number of hydrogen-bond donors (Lipinski definition) is 1. The van der Waals surface area contributed by atoms with Crippen molar-refractivity contribution in [2.24, 2.45) is 11.3 Å². The normalized spacial score (nSPS) is 23.6. The Kier molecular flexibility index (Phi) is 3.51. The van der Waals surface area contributed by atoms with Gasteiger partial charge in [0.25, 0.3) is 0 Å². The van der Waals surface area contributed by atoms with Gasteiger partial charge >= 0.3 is 0 Å². The van der Waals surface area contributed by atoms with Crippen molar-refractivity contribution in [2.75, 3.05) is 0 Å². The summed E-state index contributed by atoms with van der Waals surface area (Å²) in [4.78, 5) is 4.17. The molecule has 1 saturated carbocycles. The molecule has 1 aromatic heterocycles. The minimum absolute atomic E-state index is 0.215.